The second-order valence-electron chi connectivity index (χ2n) is 15.4. The second-order valence-corrected chi connectivity index (χ2v) is 16.4. The molecule has 3 rings (SSSR count). The fraction of sp³-hybridized carbons (Fsp3) is 0.811. The largest absolute Gasteiger partial charge is 0.466 e. The third-order valence-corrected chi connectivity index (χ3v) is 10.2. The molecule has 1 unspecified atom stereocenters. The zero-order chi connectivity index (χ0) is 43.4. The zero-order valence-corrected chi connectivity index (χ0v) is 35.0. The van der Waals surface area contributed by atoms with Crippen molar-refractivity contribution < 1.29 is 87.2 Å². The maximum absolute atomic E-state index is 12.9. The van der Waals surface area contributed by atoms with E-state index in [0.717, 1.165) is 0 Å². The van der Waals surface area contributed by atoms with Crippen LogP contribution in [0.1, 0.15) is 73.6 Å². The molecule has 19 nitrogen and oxygen atoms in total. The van der Waals surface area contributed by atoms with E-state index in [1.165, 1.54) is 14.0 Å². The van der Waals surface area contributed by atoms with Gasteiger partial charge in [0.25, 0.3) is 0 Å². The highest BCUT2D eigenvalue weighted by molar-refractivity contribution is 7.45. The monoisotopic (exact) mass is 841 g/mol. The Labute approximate surface area is 334 Å². The molecule has 0 aromatic carbocycles. The second kappa shape index (κ2) is 23.0. The average Bonchev–Trinajstić information content (AvgIpc) is 3.06. The standard InChI is InChI=1S/C37H61NO14.H3O4P/c1-20-17-25(15-16-39)33(34(46-9)27(42)18-28(43)47-21(2)13-11-10-12-14-26(20)41)51-36-31(44)30(38(7)8)32(22(3)49-36)50-29-19-37(6,52-24(5)40)35(45)23(4)48-29;1-5(2,3)4/h10-12,14,16,20-23,25-27,29-36,41-42,44-45H,13,15,17-19H2,1-9H3;(H3,1,2,3,4)/b11-10+,14-12+;/t20-,21-,22-,23+,25+,26+,27-,29+,30-,31-,32-,33+,34+,35+,36?,37-;/m1./s1. The van der Waals surface area contributed by atoms with Gasteiger partial charge in [0.1, 0.15) is 42.4 Å². The highest BCUT2D eigenvalue weighted by Gasteiger charge is 2.53. The highest BCUT2D eigenvalue weighted by Crippen LogP contribution is 2.38. The van der Waals surface area contributed by atoms with Crippen molar-refractivity contribution in [3.63, 3.8) is 0 Å². The number of esters is 2. The Morgan fingerprint density at radius 3 is 2.19 bits per heavy atom. The molecule has 7 N–H and O–H groups in total. The van der Waals surface area contributed by atoms with Gasteiger partial charge in [-0.25, -0.2) is 4.57 Å². The molecule has 0 amide bonds. The van der Waals surface area contributed by atoms with E-state index in [1.54, 1.807) is 64.9 Å². The minimum atomic E-state index is -4.64. The van der Waals surface area contributed by atoms with Crippen LogP contribution in [-0.2, 0) is 52.1 Å². The number of hydrogen-bond donors (Lipinski definition) is 7. The topological polar surface area (TPSA) is 278 Å². The van der Waals surface area contributed by atoms with E-state index >= 15 is 0 Å². The summed E-state index contributed by atoms with van der Waals surface area (Å²) in [5, 5.41) is 45.0. The molecule has 0 aliphatic carbocycles. The van der Waals surface area contributed by atoms with Crippen LogP contribution in [0.25, 0.3) is 0 Å². The summed E-state index contributed by atoms with van der Waals surface area (Å²) >= 11 is 0. The van der Waals surface area contributed by atoms with Crippen LogP contribution in [0.2, 0.25) is 0 Å². The number of aliphatic hydroxyl groups is 4. The van der Waals surface area contributed by atoms with Crippen molar-refractivity contribution >= 4 is 26.0 Å². The van der Waals surface area contributed by atoms with E-state index in [-0.39, 0.29) is 25.2 Å². The molecule has 0 bridgehead atoms. The van der Waals surface area contributed by atoms with Gasteiger partial charge in [-0.2, -0.15) is 0 Å². The zero-order valence-electron chi connectivity index (χ0n) is 34.1. The average molecular weight is 842 g/mol. The van der Waals surface area contributed by atoms with Gasteiger partial charge in [-0.05, 0) is 60.0 Å². The number of nitrogens with zero attached hydrogens (tertiary/aromatic N) is 1. The summed E-state index contributed by atoms with van der Waals surface area (Å²) < 4.78 is 50.8. The van der Waals surface area contributed by atoms with E-state index in [4.69, 9.17) is 52.4 Å². The molecule has 0 aromatic heterocycles. The van der Waals surface area contributed by atoms with Crippen molar-refractivity contribution in [2.45, 2.75) is 159 Å². The number of rotatable bonds is 9. The number of likely N-dealkylation sites (N-methyl/N-ethyl adjacent to an activating group) is 1. The van der Waals surface area contributed by atoms with Gasteiger partial charge in [-0.1, -0.05) is 31.2 Å². The van der Waals surface area contributed by atoms with Crippen LogP contribution in [-0.4, -0.2) is 165 Å². The first kappa shape index (κ1) is 50.9. The van der Waals surface area contributed by atoms with Gasteiger partial charge >= 0.3 is 19.8 Å². The number of phosphoric acid groups is 1. The Kier molecular flexibility index (Phi) is 20.5. The summed E-state index contributed by atoms with van der Waals surface area (Å²) in [5.74, 6) is -2.25. The lowest BCUT2D eigenvalue weighted by atomic mass is 9.82. The quantitative estimate of drug-likeness (QED) is 0.0945. The fourth-order valence-corrected chi connectivity index (χ4v) is 7.45. The van der Waals surface area contributed by atoms with Crippen LogP contribution in [0.15, 0.2) is 24.3 Å². The first-order chi connectivity index (χ1) is 26.4. The van der Waals surface area contributed by atoms with Gasteiger partial charge in [0, 0.05) is 33.3 Å². The van der Waals surface area contributed by atoms with Gasteiger partial charge in [0.2, 0.25) is 0 Å². The van der Waals surface area contributed by atoms with Crippen molar-refractivity contribution in [2.75, 3.05) is 21.2 Å². The van der Waals surface area contributed by atoms with Gasteiger partial charge in [0.05, 0.1) is 43.0 Å². The molecule has 3 aliphatic rings. The number of hydrogen-bond acceptors (Lipinski definition) is 16. The molecule has 0 aromatic rings. The Balaban J connectivity index is 0.00000210. The molecule has 0 radical (unpaired) electrons. The SMILES string of the molecule is CO[C@@H]1[C@@H](OC2O[C@H](C)[C@@H](O[C@H]3C[C@@](C)(OC(C)=O)[C@@H](O)[C@H](C)O3)[C@H](N(C)C)[C@H]2O)[C@@H](CC=O)C[C@@H](C)[C@@H](O)/C=C/C=C/C[C@@H](C)OC(=O)C[C@H]1O.O=P(O)(O)O. The number of ether oxygens (including phenoxy) is 7. The van der Waals surface area contributed by atoms with Crippen molar-refractivity contribution in [3.05, 3.63) is 24.3 Å². The van der Waals surface area contributed by atoms with Crippen LogP contribution >= 0.6 is 7.82 Å². The van der Waals surface area contributed by atoms with E-state index in [2.05, 4.69) is 0 Å². The summed E-state index contributed by atoms with van der Waals surface area (Å²) in [6, 6.07) is -0.753. The Morgan fingerprint density at radius 2 is 1.63 bits per heavy atom. The van der Waals surface area contributed by atoms with E-state index in [9.17, 15) is 34.8 Å². The van der Waals surface area contributed by atoms with Crippen molar-refractivity contribution in [2.24, 2.45) is 11.8 Å². The summed E-state index contributed by atoms with van der Waals surface area (Å²) in [7, 11) is 0.204. The smallest absolute Gasteiger partial charge is 0.462 e. The molecule has 16 atom stereocenters. The van der Waals surface area contributed by atoms with Gasteiger partial charge in [-0.15, -0.1) is 0 Å². The molecule has 2 saturated heterocycles. The van der Waals surface area contributed by atoms with Crippen LogP contribution in [0.4, 0.5) is 0 Å². The van der Waals surface area contributed by atoms with E-state index in [0.29, 0.717) is 12.7 Å². The Morgan fingerprint density at radius 1 is 1.00 bits per heavy atom. The third kappa shape index (κ3) is 16.1. The molecule has 57 heavy (non-hydrogen) atoms. The Hall–Kier alpha value is -2.20. The van der Waals surface area contributed by atoms with E-state index < -0.39 is 117 Å². The minimum absolute atomic E-state index is 0.0110. The molecular weight excluding hydrogens is 777 g/mol. The number of aldehydes is 1. The highest BCUT2D eigenvalue weighted by atomic mass is 31.2. The molecule has 20 heteroatoms. The fourth-order valence-electron chi connectivity index (χ4n) is 7.45. The summed E-state index contributed by atoms with van der Waals surface area (Å²) in [4.78, 5) is 60.1. The van der Waals surface area contributed by atoms with Crippen LogP contribution < -0.4 is 0 Å². The predicted octanol–water partition coefficient (Wildman–Crippen LogP) is 0.488. The molecule has 0 spiro atoms. The van der Waals surface area contributed by atoms with Gasteiger partial charge in [0.15, 0.2) is 12.6 Å². The lowest BCUT2D eigenvalue weighted by Gasteiger charge is -2.50. The molecular formula is C37H64NO18P. The van der Waals surface area contributed by atoms with Crippen molar-refractivity contribution in [3.8, 4) is 0 Å². The van der Waals surface area contributed by atoms with Gasteiger partial charge < -0.3 is 78.0 Å². The first-order valence-electron chi connectivity index (χ1n) is 18.9. The number of allylic oxidation sites excluding steroid dienone is 2. The predicted molar refractivity (Wildman–Crippen MR) is 201 cm³/mol. The van der Waals surface area contributed by atoms with Crippen LogP contribution in [0, 0.1) is 11.8 Å². The molecule has 3 heterocycles. The molecule has 0 saturated carbocycles. The number of carbonyl (C=O) groups is 3. The lowest BCUT2D eigenvalue weighted by Crippen LogP contribution is -2.66. The van der Waals surface area contributed by atoms with Crippen LogP contribution in [0.3, 0.4) is 0 Å². The van der Waals surface area contributed by atoms with Crippen molar-refractivity contribution in [1.29, 1.82) is 0 Å². The van der Waals surface area contributed by atoms with Gasteiger partial charge in [-0.3, -0.25) is 9.59 Å². The molecule has 330 valence electrons. The van der Waals surface area contributed by atoms with Crippen molar-refractivity contribution in [1.82, 2.24) is 4.90 Å². The van der Waals surface area contributed by atoms with E-state index in [1.807, 2.05) is 13.0 Å². The first-order valence-corrected chi connectivity index (χ1v) is 20.5. The normalized spacial score (nSPS) is 41.2. The third-order valence-electron chi connectivity index (χ3n) is 10.2. The lowest BCUT2D eigenvalue weighted by molar-refractivity contribution is -0.344. The number of carbonyl (C=O) groups excluding carboxylic acids is 3. The molecule has 3 aliphatic heterocycles. The Bertz CT molecular complexity index is 1370. The summed E-state index contributed by atoms with van der Waals surface area (Å²) in [6.45, 7) is 9.79. The maximum atomic E-state index is 12.9. The number of aliphatic hydroxyl groups excluding tert-OH is 4. The summed E-state index contributed by atoms with van der Waals surface area (Å²) in [5.41, 5.74) is -1.29. The maximum Gasteiger partial charge on any atom is 0.466 e. The van der Waals surface area contributed by atoms with Crippen LogP contribution in [0.5, 0.6) is 0 Å². The summed E-state index contributed by atoms with van der Waals surface area (Å²) in [6.07, 6.45) is -4.29. The molecule has 2 fully saturated rings. The minimum Gasteiger partial charge on any atom is -0.462 e. The number of cyclic esters (lactones) is 1. The number of methoxy groups -OCH3 is 1.